The summed E-state index contributed by atoms with van der Waals surface area (Å²) in [4.78, 5) is 4.88. The Balaban J connectivity index is 1.60. The highest BCUT2D eigenvalue weighted by Crippen LogP contribution is 2.29. The number of hydrogen-bond donors (Lipinski definition) is 0. The van der Waals surface area contributed by atoms with E-state index >= 15 is 0 Å². The molecule has 0 aliphatic rings. The summed E-state index contributed by atoms with van der Waals surface area (Å²) in [5, 5.41) is 13.9. The Hall–Kier alpha value is -2.80. The molecule has 0 spiro atoms. The van der Waals surface area contributed by atoms with Gasteiger partial charge in [-0.1, -0.05) is 37.3 Å². The van der Waals surface area contributed by atoms with E-state index in [2.05, 4.69) is 59.3 Å². The molecule has 132 valence electrons. The molecule has 3 heterocycles. The number of aryl methyl sites for hydroxylation is 1. The van der Waals surface area contributed by atoms with Gasteiger partial charge in [0.1, 0.15) is 12.4 Å². The largest absolute Gasteiger partial charge is 0.486 e. The predicted molar refractivity (Wildman–Crippen MR) is 101 cm³/mol. The number of benzene rings is 1. The number of ether oxygens (including phenoxy) is 1. The highest BCUT2D eigenvalue weighted by molar-refractivity contribution is 7.16. The number of aromatic nitrogens is 5. The molecule has 0 saturated heterocycles. The maximum Gasteiger partial charge on any atom is 0.235 e. The van der Waals surface area contributed by atoms with Crippen LogP contribution in [0.2, 0.25) is 0 Å². The first kappa shape index (κ1) is 16.7. The molecule has 0 aliphatic carbocycles. The summed E-state index contributed by atoms with van der Waals surface area (Å²) in [7, 11) is 0. The SMILES string of the molecule is Cc1ccc(C(C)C)c(OCc2nn3c(-c4cccnc4)nnc3s2)c1. The molecule has 0 bridgehead atoms. The first-order chi connectivity index (χ1) is 12.6. The number of rotatable bonds is 5. The van der Waals surface area contributed by atoms with E-state index in [9.17, 15) is 0 Å². The van der Waals surface area contributed by atoms with Crippen molar-refractivity contribution in [2.45, 2.75) is 33.3 Å². The Morgan fingerprint density at radius 3 is 2.85 bits per heavy atom. The van der Waals surface area contributed by atoms with Gasteiger partial charge in [-0.05, 0) is 42.2 Å². The summed E-state index contributed by atoms with van der Waals surface area (Å²) in [5.41, 5.74) is 3.27. The van der Waals surface area contributed by atoms with Crippen LogP contribution in [0.4, 0.5) is 0 Å². The summed E-state index contributed by atoms with van der Waals surface area (Å²) in [5.74, 6) is 2.01. The Labute approximate surface area is 155 Å². The van der Waals surface area contributed by atoms with Gasteiger partial charge in [0.15, 0.2) is 10.8 Å². The maximum atomic E-state index is 6.08. The van der Waals surface area contributed by atoms with Gasteiger partial charge >= 0.3 is 0 Å². The highest BCUT2D eigenvalue weighted by Gasteiger charge is 2.15. The van der Waals surface area contributed by atoms with E-state index in [0.29, 0.717) is 18.3 Å². The summed E-state index contributed by atoms with van der Waals surface area (Å²) in [6.07, 6.45) is 3.49. The third-order valence-electron chi connectivity index (χ3n) is 4.09. The lowest BCUT2D eigenvalue weighted by atomic mass is 10.0. The number of pyridine rings is 1. The Morgan fingerprint density at radius 2 is 2.08 bits per heavy atom. The first-order valence-corrected chi connectivity index (χ1v) is 9.28. The van der Waals surface area contributed by atoms with Gasteiger partial charge in [-0.15, -0.1) is 10.2 Å². The van der Waals surface area contributed by atoms with Gasteiger partial charge in [-0.25, -0.2) is 0 Å². The van der Waals surface area contributed by atoms with Crippen LogP contribution in [0.3, 0.4) is 0 Å². The fourth-order valence-electron chi connectivity index (χ4n) is 2.77. The van der Waals surface area contributed by atoms with Crippen LogP contribution in [0, 0.1) is 6.92 Å². The van der Waals surface area contributed by atoms with Crippen LogP contribution in [-0.4, -0.2) is 24.8 Å². The van der Waals surface area contributed by atoms with Crippen molar-refractivity contribution in [2.24, 2.45) is 0 Å². The van der Waals surface area contributed by atoms with Crippen molar-refractivity contribution in [1.82, 2.24) is 24.8 Å². The van der Waals surface area contributed by atoms with Crippen LogP contribution < -0.4 is 4.74 Å². The van der Waals surface area contributed by atoms with Crippen LogP contribution >= 0.6 is 11.3 Å². The smallest absolute Gasteiger partial charge is 0.235 e. The van der Waals surface area contributed by atoms with Crippen molar-refractivity contribution >= 4 is 16.3 Å². The molecule has 0 fully saturated rings. The zero-order valence-corrected chi connectivity index (χ0v) is 15.7. The maximum absolute atomic E-state index is 6.08. The molecular weight excluding hydrogens is 346 g/mol. The Kier molecular flexibility index (Phi) is 4.38. The normalized spacial score (nSPS) is 11.4. The lowest BCUT2D eigenvalue weighted by molar-refractivity contribution is 0.299. The minimum Gasteiger partial charge on any atom is -0.486 e. The van der Waals surface area contributed by atoms with E-state index in [0.717, 1.165) is 21.3 Å². The Morgan fingerprint density at radius 1 is 1.19 bits per heavy atom. The van der Waals surface area contributed by atoms with Crippen molar-refractivity contribution in [3.63, 3.8) is 0 Å². The number of hydrogen-bond acceptors (Lipinski definition) is 6. The van der Waals surface area contributed by atoms with Crippen LogP contribution in [0.5, 0.6) is 5.75 Å². The first-order valence-electron chi connectivity index (χ1n) is 8.46. The van der Waals surface area contributed by atoms with E-state index in [1.54, 1.807) is 16.9 Å². The Bertz CT molecular complexity index is 1040. The second-order valence-corrected chi connectivity index (χ2v) is 7.48. The topological polar surface area (TPSA) is 65.2 Å². The van der Waals surface area contributed by atoms with E-state index in [-0.39, 0.29) is 0 Å². The summed E-state index contributed by atoms with van der Waals surface area (Å²) < 4.78 is 7.83. The number of nitrogens with zero attached hydrogens (tertiary/aromatic N) is 5. The number of fused-ring (bicyclic) bond motifs is 1. The summed E-state index contributed by atoms with van der Waals surface area (Å²) in [6.45, 7) is 6.81. The third kappa shape index (κ3) is 3.17. The fourth-order valence-corrected chi connectivity index (χ4v) is 3.52. The third-order valence-corrected chi connectivity index (χ3v) is 4.97. The van der Waals surface area contributed by atoms with Gasteiger partial charge in [-0.2, -0.15) is 9.61 Å². The minimum absolute atomic E-state index is 0.403. The zero-order chi connectivity index (χ0) is 18.1. The molecule has 4 rings (SSSR count). The van der Waals surface area contributed by atoms with Gasteiger partial charge in [-0.3, -0.25) is 4.98 Å². The van der Waals surface area contributed by atoms with Crippen LogP contribution in [-0.2, 0) is 6.61 Å². The lowest BCUT2D eigenvalue weighted by Crippen LogP contribution is -2.01. The monoisotopic (exact) mass is 365 g/mol. The molecule has 0 saturated carbocycles. The molecule has 0 unspecified atom stereocenters. The van der Waals surface area contributed by atoms with Crippen molar-refractivity contribution in [3.05, 3.63) is 58.9 Å². The van der Waals surface area contributed by atoms with E-state index in [1.807, 2.05) is 12.1 Å². The second kappa shape index (κ2) is 6.84. The molecule has 26 heavy (non-hydrogen) atoms. The zero-order valence-electron chi connectivity index (χ0n) is 14.9. The molecule has 0 amide bonds. The van der Waals surface area contributed by atoms with E-state index < -0.39 is 0 Å². The highest BCUT2D eigenvalue weighted by atomic mass is 32.1. The minimum atomic E-state index is 0.403. The van der Waals surface area contributed by atoms with Gasteiger partial charge in [0.25, 0.3) is 0 Å². The molecule has 3 aromatic heterocycles. The molecule has 0 aliphatic heterocycles. The lowest BCUT2D eigenvalue weighted by Gasteiger charge is -2.14. The molecule has 0 radical (unpaired) electrons. The molecule has 7 heteroatoms. The van der Waals surface area contributed by atoms with Crippen molar-refractivity contribution in [1.29, 1.82) is 0 Å². The molecule has 6 nitrogen and oxygen atoms in total. The van der Waals surface area contributed by atoms with Gasteiger partial charge < -0.3 is 4.74 Å². The van der Waals surface area contributed by atoms with Crippen molar-refractivity contribution in [2.75, 3.05) is 0 Å². The average Bonchev–Trinajstić information content (AvgIpc) is 3.20. The van der Waals surface area contributed by atoms with Crippen LogP contribution in [0.15, 0.2) is 42.7 Å². The quantitative estimate of drug-likeness (QED) is 0.529. The van der Waals surface area contributed by atoms with E-state index in [1.165, 1.54) is 22.5 Å². The van der Waals surface area contributed by atoms with Gasteiger partial charge in [0, 0.05) is 18.0 Å². The van der Waals surface area contributed by atoms with Crippen LogP contribution in [0.1, 0.15) is 35.9 Å². The fraction of sp³-hybridized carbons (Fsp3) is 0.263. The van der Waals surface area contributed by atoms with Crippen molar-refractivity contribution in [3.8, 4) is 17.1 Å². The van der Waals surface area contributed by atoms with Gasteiger partial charge in [0.05, 0.1) is 0 Å². The van der Waals surface area contributed by atoms with Gasteiger partial charge in [0.2, 0.25) is 4.96 Å². The molecule has 0 N–H and O–H groups in total. The second-order valence-electron chi connectivity index (χ2n) is 6.44. The molecular formula is C19H19N5OS. The summed E-state index contributed by atoms with van der Waals surface area (Å²) >= 11 is 1.48. The predicted octanol–water partition coefficient (Wildman–Crippen LogP) is 4.26. The molecule has 4 aromatic rings. The van der Waals surface area contributed by atoms with Crippen LogP contribution in [0.25, 0.3) is 16.3 Å². The standard InChI is InChI=1S/C19H19N5OS/c1-12(2)15-7-6-13(3)9-16(15)25-11-17-23-24-18(21-22-19(24)26-17)14-5-4-8-20-10-14/h4-10,12H,11H2,1-3H3. The molecule has 0 atom stereocenters. The van der Waals surface area contributed by atoms with E-state index in [4.69, 9.17) is 4.74 Å². The average molecular weight is 365 g/mol. The summed E-state index contributed by atoms with van der Waals surface area (Å²) in [6, 6.07) is 10.1. The molecule has 1 aromatic carbocycles. The van der Waals surface area contributed by atoms with Crippen molar-refractivity contribution < 1.29 is 4.74 Å².